The molecule has 0 saturated carbocycles. The molecule has 1 saturated heterocycles. The molecule has 3 rings (SSSR count). The molecule has 0 aliphatic carbocycles. The number of hydrogen-bond acceptors (Lipinski definition) is 3. The zero-order valence-corrected chi connectivity index (χ0v) is 13.6. The Kier molecular flexibility index (Phi) is 4.52. The second-order valence-electron chi connectivity index (χ2n) is 5.74. The van der Waals surface area contributed by atoms with Crippen LogP contribution in [-0.2, 0) is 21.3 Å². The summed E-state index contributed by atoms with van der Waals surface area (Å²) in [5.41, 5.74) is 2.07. The van der Waals surface area contributed by atoms with Crippen LogP contribution in [0.25, 0.3) is 10.9 Å². The summed E-state index contributed by atoms with van der Waals surface area (Å²) < 4.78 is 32.2. The van der Waals surface area contributed by atoms with E-state index in [-0.39, 0.29) is 11.9 Å². The smallest absolute Gasteiger partial charge is 0.216 e. The third-order valence-electron chi connectivity index (χ3n) is 4.14. The van der Waals surface area contributed by atoms with Gasteiger partial charge in [0.05, 0.1) is 11.9 Å². The first kappa shape index (κ1) is 15.5. The standard InChI is InChI=1S/C16H22N2O3S/c1-2-18(22(19,20)12-15-4-3-9-21-15)11-13-5-6-16-14(10-13)7-8-17-16/h5-8,10,15,17H,2-4,9,11-12H2,1H3/t15-/m1/s1. The molecule has 0 bridgehead atoms. The molecular formula is C16H22N2O3S. The highest BCUT2D eigenvalue weighted by Gasteiger charge is 2.27. The summed E-state index contributed by atoms with van der Waals surface area (Å²) in [6.45, 7) is 3.44. The fourth-order valence-corrected chi connectivity index (χ4v) is 4.61. The Morgan fingerprint density at radius 1 is 1.36 bits per heavy atom. The van der Waals surface area contributed by atoms with Crippen molar-refractivity contribution in [3.8, 4) is 0 Å². The second kappa shape index (κ2) is 6.40. The number of rotatable bonds is 6. The van der Waals surface area contributed by atoms with E-state index in [1.54, 1.807) is 4.31 Å². The van der Waals surface area contributed by atoms with Crippen molar-refractivity contribution in [2.75, 3.05) is 18.9 Å². The predicted octanol–water partition coefficient (Wildman–Crippen LogP) is 2.50. The van der Waals surface area contributed by atoms with Crippen LogP contribution in [0.1, 0.15) is 25.3 Å². The average molecular weight is 322 g/mol. The maximum atomic E-state index is 12.6. The third-order valence-corrected chi connectivity index (χ3v) is 6.11. The predicted molar refractivity (Wildman–Crippen MR) is 87.1 cm³/mol. The van der Waals surface area contributed by atoms with Crippen LogP contribution in [0, 0.1) is 0 Å². The van der Waals surface area contributed by atoms with Gasteiger partial charge < -0.3 is 9.72 Å². The number of sulfonamides is 1. The van der Waals surface area contributed by atoms with Gasteiger partial charge in [-0.15, -0.1) is 0 Å². The maximum absolute atomic E-state index is 12.6. The Bertz CT molecular complexity index is 733. The van der Waals surface area contributed by atoms with Crippen molar-refractivity contribution in [3.05, 3.63) is 36.0 Å². The minimum Gasteiger partial charge on any atom is -0.377 e. The molecule has 5 nitrogen and oxygen atoms in total. The zero-order valence-electron chi connectivity index (χ0n) is 12.8. The van der Waals surface area contributed by atoms with Gasteiger partial charge in [-0.1, -0.05) is 13.0 Å². The SMILES string of the molecule is CCN(Cc1ccc2[nH]ccc2c1)S(=O)(=O)C[C@H]1CCCO1. The van der Waals surface area contributed by atoms with E-state index < -0.39 is 10.0 Å². The van der Waals surface area contributed by atoms with Crippen molar-refractivity contribution < 1.29 is 13.2 Å². The minimum absolute atomic E-state index is 0.0905. The van der Waals surface area contributed by atoms with Gasteiger partial charge in [0.1, 0.15) is 0 Å². The number of ether oxygens (including phenoxy) is 1. The van der Waals surface area contributed by atoms with Crippen LogP contribution in [0.2, 0.25) is 0 Å². The molecule has 22 heavy (non-hydrogen) atoms. The summed E-state index contributed by atoms with van der Waals surface area (Å²) in [4.78, 5) is 3.14. The monoisotopic (exact) mass is 322 g/mol. The first-order valence-corrected chi connectivity index (χ1v) is 9.35. The lowest BCUT2D eigenvalue weighted by molar-refractivity contribution is 0.126. The maximum Gasteiger partial charge on any atom is 0.216 e. The van der Waals surface area contributed by atoms with Crippen molar-refractivity contribution in [1.82, 2.24) is 9.29 Å². The molecular weight excluding hydrogens is 300 g/mol. The van der Waals surface area contributed by atoms with Gasteiger partial charge in [-0.3, -0.25) is 0 Å². The van der Waals surface area contributed by atoms with Gasteiger partial charge in [-0.25, -0.2) is 8.42 Å². The van der Waals surface area contributed by atoms with Crippen LogP contribution in [0.3, 0.4) is 0 Å². The van der Waals surface area contributed by atoms with Gasteiger partial charge in [-0.05, 0) is 42.0 Å². The molecule has 1 aromatic carbocycles. The normalized spacial score (nSPS) is 19.3. The molecule has 6 heteroatoms. The molecule has 0 unspecified atom stereocenters. The molecule has 0 radical (unpaired) electrons. The highest BCUT2D eigenvalue weighted by molar-refractivity contribution is 7.89. The molecule has 1 aliphatic rings. The van der Waals surface area contributed by atoms with Crippen molar-refractivity contribution in [3.63, 3.8) is 0 Å². The largest absolute Gasteiger partial charge is 0.377 e. The topological polar surface area (TPSA) is 62.4 Å². The van der Waals surface area contributed by atoms with Gasteiger partial charge in [0, 0.05) is 31.4 Å². The second-order valence-corrected chi connectivity index (χ2v) is 7.75. The van der Waals surface area contributed by atoms with E-state index in [9.17, 15) is 8.42 Å². The van der Waals surface area contributed by atoms with Crippen LogP contribution in [-0.4, -0.2) is 42.7 Å². The van der Waals surface area contributed by atoms with Crippen molar-refractivity contribution in [2.24, 2.45) is 0 Å². The number of H-pyrrole nitrogens is 1. The molecule has 0 amide bonds. The van der Waals surface area contributed by atoms with E-state index in [1.807, 2.05) is 37.4 Å². The van der Waals surface area contributed by atoms with E-state index in [0.717, 1.165) is 29.3 Å². The lowest BCUT2D eigenvalue weighted by Crippen LogP contribution is -2.36. The van der Waals surface area contributed by atoms with Crippen LogP contribution >= 0.6 is 0 Å². The summed E-state index contributed by atoms with van der Waals surface area (Å²) in [6.07, 6.45) is 3.54. The fourth-order valence-electron chi connectivity index (χ4n) is 2.93. The van der Waals surface area contributed by atoms with Crippen molar-refractivity contribution in [2.45, 2.75) is 32.4 Å². The Labute approximate surface area is 131 Å². The fraction of sp³-hybridized carbons (Fsp3) is 0.500. The molecule has 1 N–H and O–H groups in total. The molecule has 2 aromatic rings. The number of benzene rings is 1. The number of aromatic amines is 1. The van der Waals surface area contributed by atoms with E-state index in [0.29, 0.717) is 19.7 Å². The first-order valence-electron chi connectivity index (χ1n) is 7.74. The molecule has 2 heterocycles. The summed E-state index contributed by atoms with van der Waals surface area (Å²) in [5.74, 6) is 0.0905. The summed E-state index contributed by atoms with van der Waals surface area (Å²) >= 11 is 0. The van der Waals surface area contributed by atoms with Gasteiger partial charge in [0.2, 0.25) is 10.0 Å². The van der Waals surface area contributed by atoms with E-state index in [2.05, 4.69) is 4.98 Å². The zero-order chi connectivity index (χ0) is 15.6. The Morgan fingerprint density at radius 3 is 2.95 bits per heavy atom. The molecule has 120 valence electrons. The summed E-state index contributed by atoms with van der Waals surface area (Å²) in [6, 6.07) is 8.00. The van der Waals surface area contributed by atoms with Crippen molar-refractivity contribution in [1.29, 1.82) is 0 Å². The van der Waals surface area contributed by atoms with E-state index in [4.69, 9.17) is 4.74 Å². The summed E-state index contributed by atoms with van der Waals surface area (Å²) in [7, 11) is -3.29. The Balaban J connectivity index is 1.74. The molecule has 1 fully saturated rings. The molecule has 0 spiro atoms. The van der Waals surface area contributed by atoms with Crippen LogP contribution < -0.4 is 0 Å². The first-order chi connectivity index (χ1) is 10.6. The lowest BCUT2D eigenvalue weighted by atomic mass is 10.1. The van der Waals surface area contributed by atoms with Crippen LogP contribution in [0.4, 0.5) is 0 Å². The highest BCUT2D eigenvalue weighted by Crippen LogP contribution is 2.19. The van der Waals surface area contributed by atoms with Crippen LogP contribution in [0.15, 0.2) is 30.5 Å². The Hall–Kier alpha value is -1.37. The molecule has 1 aliphatic heterocycles. The minimum atomic E-state index is -3.29. The number of aromatic nitrogens is 1. The number of nitrogens with one attached hydrogen (secondary N) is 1. The Morgan fingerprint density at radius 2 is 2.23 bits per heavy atom. The highest BCUT2D eigenvalue weighted by atomic mass is 32.2. The van der Waals surface area contributed by atoms with Gasteiger partial charge in [-0.2, -0.15) is 4.31 Å². The van der Waals surface area contributed by atoms with E-state index in [1.165, 1.54) is 0 Å². The summed E-state index contributed by atoms with van der Waals surface area (Å²) in [5, 5.41) is 1.10. The number of nitrogens with zero attached hydrogens (tertiary/aromatic N) is 1. The lowest BCUT2D eigenvalue weighted by Gasteiger charge is -2.22. The van der Waals surface area contributed by atoms with Gasteiger partial charge >= 0.3 is 0 Å². The molecule has 1 aromatic heterocycles. The average Bonchev–Trinajstić information content (AvgIpc) is 3.14. The third kappa shape index (κ3) is 3.34. The van der Waals surface area contributed by atoms with E-state index >= 15 is 0 Å². The van der Waals surface area contributed by atoms with Gasteiger partial charge in [0.15, 0.2) is 0 Å². The molecule has 1 atom stereocenters. The van der Waals surface area contributed by atoms with Gasteiger partial charge in [0.25, 0.3) is 0 Å². The van der Waals surface area contributed by atoms with Crippen molar-refractivity contribution >= 4 is 20.9 Å². The quantitative estimate of drug-likeness (QED) is 0.889. The van der Waals surface area contributed by atoms with Crippen LogP contribution in [0.5, 0.6) is 0 Å². The number of fused-ring (bicyclic) bond motifs is 1. The number of hydrogen-bond donors (Lipinski definition) is 1.